The highest BCUT2D eigenvalue weighted by Crippen LogP contribution is 1.99. The van der Waals surface area contributed by atoms with E-state index in [9.17, 15) is 4.79 Å². The number of unbranched alkanes of at least 4 members (excludes halogenated alkanes) is 3. The van der Waals surface area contributed by atoms with Gasteiger partial charge in [-0.2, -0.15) is 0 Å². The Morgan fingerprint density at radius 3 is 2.50 bits per heavy atom. The third-order valence-corrected chi connectivity index (χ3v) is 1.68. The quantitative estimate of drug-likeness (QED) is 0.383. The molecule has 0 radical (unpaired) electrons. The number of allylic oxidation sites excluding steroid dienone is 5. The van der Waals surface area contributed by atoms with Gasteiger partial charge in [0.2, 0.25) is 0 Å². The van der Waals surface area contributed by atoms with E-state index in [2.05, 4.69) is 13.0 Å². The highest BCUT2D eigenvalue weighted by Gasteiger charge is 1.80. The fourth-order valence-corrected chi connectivity index (χ4v) is 0.953. The van der Waals surface area contributed by atoms with E-state index in [0.29, 0.717) is 0 Å². The van der Waals surface area contributed by atoms with Crippen LogP contribution in [0.25, 0.3) is 0 Å². The van der Waals surface area contributed by atoms with Crippen molar-refractivity contribution in [1.29, 1.82) is 0 Å². The number of hydrogen-bond acceptors (Lipinski definition) is 1. The van der Waals surface area contributed by atoms with Crippen molar-refractivity contribution in [3.63, 3.8) is 0 Å². The molecule has 0 atom stereocenters. The minimum atomic E-state index is -0.915. The van der Waals surface area contributed by atoms with E-state index in [1.807, 2.05) is 12.2 Å². The first-order valence-corrected chi connectivity index (χ1v) is 5.00. The second-order valence-electron chi connectivity index (χ2n) is 3.01. The molecule has 2 heteroatoms. The maximum atomic E-state index is 10.1. The summed E-state index contributed by atoms with van der Waals surface area (Å²) in [5.74, 6) is -0.915. The summed E-state index contributed by atoms with van der Waals surface area (Å²) in [4.78, 5) is 10.1. The Labute approximate surface area is 85.6 Å². The largest absolute Gasteiger partial charge is 0.478 e. The summed E-state index contributed by atoms with van der Waals surface area (Å²) in [6, 6.07) is 0. The van der Waals surface area contributed by atoms with Crippen molar-refractivity contribution < 1.29 is 9.90 Å². The Morgan fingerprint density at radius 1 is 1.14 bits per heavy atom. The lowest BCUT2D eigenvalue weighted by molar-refractivity contribution is -0.131. The molecule has 0 saturated heterocycles. The molecule has 0 fully saturated rings. The number of carboxylic acids is 1. The molecule has 14 heavy (non-hydrogen) atoms. The fourth-order valence-electron chi connectivity index (χ4n) is 0.953. The zero-order valence-corrected chi connectivity index (χ0v) is 8.65. The molecule has 1 N–H and O–H groups in total. The van der Waals surface area contributed by atoms with E-state index in [0.717, 1.165) is 12.5 Å². The van der Waals surface area contributed by atoms with E-state index < -0.39 is 5.97 Å². The van der Waals surface area contributed by atoms with Crippen LogP contribution in [0.2, 0.25) is 0 Å². The predicted molar refractivity (Wildman–Crippen MR) is 59.2 cm³/mol. The zero-order chi connectivity index (χ0) is 10.6. The summed E-state index contributed by atoms with van der Waals surface area (Å²) >= 11 is 0. The number of carboxylic acid groups (broad SMARTS) is 1. The Bertz CT molecular complexity index is 224. The summed E-state index contributed by atoms with van der Waals surface area (Å²) in [5.41, 5.74) is 0. The maximum absolute atomic E-state index is 10.1. The third kappa shape index (κ3) is 10.7. The normalized spacial score (nSPS) is 12.1. The third-order valence-electron chi connectivity index (χ3n) is 1.68. The predicted octanol–water partition coefficient (Wildman–Crippen LogP) is 3.32. The molecule has 0 aliphatic carbocycles. The molecule has 0 bridgehead atoms. The Kier molecular flexibility index (Phi) is 8.86. The van der Waals surface area contributed by atoms with Gasteiger partial charge in [0.05, 0.1) is 0 Å². The summed E-state index contributed by atoms with van der Waals surface area (Å²) in [7, 11) is 0. The van der Waals surface area contributed by atoms with Gasteiger partial charge in [-0.25, -0.2) is 4.79 Å². The molecule has 0 aliphatic heterocycles. The maximum Gasteiger partial charge on any atom is 0.328 e. The standard InChI is InChI=1S/C12H18O2/c1-2-3-4-5-6-7-8-9-10-11-12(13)14/h6-11H,2-5H2,1H3,(H,13,14)/b7-6+,9-8-,11-10-. The van der Waals surface area contributed by atoms with Crippen molar-refractivity contribution in [2.24, 2.45) is 0 Å². The molecular weight excluding hydrogens is 176 g/mol. The van der Waals surface area contributed by atoms with Crippen LogP contribution in [-0.4, -0.2) is 11.1 Å². The van der Waals surface area contributed by atoms with Crippen LogP contribution in [-0.2, 0) is 4.79 Å². The molecule has 0 aromatic heterocycles. The highest BCUT2D eigenvalue weighted by molar-refractivity contribution is 5.80. The van der Waals surface area contributed by atoms with Crippen LogP contribution in [0.3, 0.4) is 0 Å². The SMILES string of the molecule is CCCCC/C=C/C=C\C=C/C(=O)O. The lowest BCUT2D eigenvalue weighted by Gasteiger charge is -1.89. The van der Waals surface area contributed by atoms with Gasteiger partial charge < -0.3 is 5.11 Å². The monoisotopic (exact) mass is 194 g/mol. The average molecular weight is 194 g/mol. The van der Waals surface area contributed by atoms with Crippen LogP contribution in [0.15, 0.2) is 36.5 Å². The van der Waals surface area contributed by atoms with Gasteiger partial charge in [-0.1, -0.05) is 50.1 Å². The van der Waals surface area contributed by atoms with Gasteiger partial charge in [0, 0.05) is 6.08 Å². The molecule has 0 heterocycles. The van der Waals surface area contributed by atoms with E-state index in [1.54, 1.807) is 6.08 Å². The van der Waals surface area contributed by atoms with Crippen molar-refractivity contribution in [3.8, 4) is 0 Å². The first-order valence-electron chi connectivity index (χ1n) is 5.00. The molecular formula is C12H18O2. The first-order chi connectivity index (χ1) is 6.77. The average Bonchev–Trinajstić information content (AvgIpc) is 2.15. The van der Waals surface area contributed by atoms with E-state index in [4.69, 9.17) is 5.11 Å². The van der Waals surface area contributed by atoms with Crippen molar-refractivity contribution in [3.05, 3.63) is 36.5 Å². The van der Waals surface area contributed by atoms with Crippen LogP contribution in [0, 0.1) is 0 Å². The van der Waals surface area contributed by atoms with Crippen molar-refractivity contribution in [2.45, 2.75) is 32.6 Å². The number of aliphatic carboxylic acids is 1. The molecule has 0 amide bonds. The minimum Gasteiger partial charge on any atom is -0.478 e. The lowest BCUT2D eigenvalue weighted by Crippen LogP contribution is -1.84. The van der Waals surface area contributed by atoms with Gasteiger partial charge >= 0.3 is 5.97 Å². The molecule has 0 rings (SSSR count). The first kappa shape index (κ1) is 12.7. The molecule has 0 aromatic carbocycles. The molecule has 0 aliphatic rings. The topological polar surface area (TPSA) is 37.3 Å². The Hall–Kier alpha value is -1.31. The molecule has 0 spiro atoms. The minimum absolute atomic E-state index is 0.915. The smallest absolute Gasteiger partial charge is 0.328 e. The van der Waals surface area contributed by atoms with E-state index >= 15 is 0 Å². The number of hydrogen-bond donors (Lipinski definition) is 1. The summed E-state index contributed by atoms with van der Waals surface area (Å²) in [5, 5.41) is 8.27. The molecule has 0 unspecified atom stereocenters. The number of carbonyl (C=O) groups is 1. The van der Waals surface area contributed by atoms with Gasteiger partial charge in [-0.15, -0.1) is 0 Å². The van der Waals surface area contributed by atoms with Crippen molar-refractivity contribution in [1.82, 2.24) is 0 Å². The summed E-state index contributed by atoms with van der Waals surface area (Å²) < 4.78 is 0. The van der Waals surface area contributed by atoms with Gasteiger partial charge in [0.15, 0.2) is 0 Å². The number of rotatable bonds is 7. The Balaban J connectivity index is 3.46. The molecule has 0 aromatic rings. The van der Waals surface area contributed by atoms with Crippen molar-refractivity contribution >= 4 is 5.97 Å². The van der Waals surface area contributed by atoms with Gasteiger partial charge in [0.1, 0.15) is 0 Å². The summed E-state index contributed by atoms with van der Waals surface area (Å²) in [6.45, 7) is 2.18. The molecule has 0 saturated carbocycles. The van der Waals surface area contributed by atoms with Gasteiger partial charge in [-0.3, -0.25) is 0 Å². The summed E-state index contributed by atoms with van der Waals surface area (Å²) in [6.07, 6.45) is 15.1. The van der Waals surface area contributed by atoms with Crippen LogP contribution >= 0.6 is 0 Å². The van der Waals surface area contributed by atoms with Crippen LogP contribution in [0.5, 0.6) is 0 Å². The zero-order valence-electron chi connectivity index (χ0n) is 8.65. The van der Waals surface area contributed by atoms with Crippen LogP contribution < -0.4 is 0 Å². The Morgan fingerprint density at radius 2 is 1.86 bits per heavy atom. The second-order valence-corrected chi connectivity index (χ2v) is 3.01. The highest BCUT2D eigenvalue weighted by atomic mass is 16.4. The van der Waals surface area contributed by atoms with Crippen molar-refractivity contribution in [2.75, 3.05) is 0 Å². The molecule has 2 nitrogen and oxygen atoms in total. The van der Waals surface area contributed by atoms with E-state index in [1.165, 1.54) is 25.3 Å². The van der Waals surface area contributed by atoms with Crippen LogP contribution in [0.4, 0.5) is 0 Å². The van der Waals surface area contributed by atoms with E-state index in [-0.39, 0.29) is 0 Å². The van der Waals surface area contributed by atoms with Gasteiger partial charge in [0.25, 0.3) is 0 Å². The second kappa shape index (κ2) is 9.78. The van der Waals surface area contributed by atoms with Crippen LogP contribution in [0.1, 0.15) is 32.6 Å². The molecule has 78 valence electrons. The van der Waals surface area contributed by atoms with Gasteiger partial charge in [-0.05, 0) is 12.8 Å². The fraction of sp³-hybridized carbons (Fsp3) is 0.417. The lowest BCUT2D eigenvalue weighted by atomic mass is 10.2.